The van der Waals surface area contributed by atoms with Crippen LogP contribution in [0.4, 0.5) is 16.3 Å². The van der Waals surface area contributed by atoms with Gasteiger partial charge in [-0.25, -0.2) is 14.3 Å². The molecule has 0 spiro atoms. The molecule has 0 atom stereocenters. The quantitative estimate of drug-likeness (QED) is 0.276. The molecule has 0 radical (unpaired) electrons. The van der Waals surface area contributed by atoms with Gasteiger partial charge in [-0.3, -0.25) is 0 Å². The number of hydrogen-bond donors (Lipinski definition) is 2. The Morgan fingerprint density at radius 2 is 1.57 bits per heavy atom. The summed E-state index contributed by atoms with van der Waals surface area (Å²) in [6.07, 6.45) is 1.19. The second-order valence-corrected chi connectivity index (χ2v) is 7.93. The molecule has 0 saturated heterocycles. The van der Waals surface area contributed by atoms with Gasteiger partial charge in [0.25, 0.3) is 0 Å². The summed E-state index contributed by atoms with van der Waals surface area (Å²) in [5.41, 5.74) is 4.19. The van der Waals surface area contributed by atoms with Crippen molar-refractivity contribution in [2.24, 2.45) is 0 Å². The number of para-hydroxylation sites is 1. The van der Waals surface area contributed by atoms with Crippen LogP contribution in [0.1, 0.15) is 16.7 Å². The first-order valence-corrected chi connectivity index (χ1v) is 11.1. The number of carbonyl (C=O) groups is 2. The van der Waals surface area contributed by atoms with Gasteiger partial charge in [0.05, 0.1) is 5.69 Å². The van der Waals surface area contributed by atoms with Crippen molar-refractivity contribution in [3.8, 4) is 11.4 Å². The molecule has 4 aromatic rings. The minimum absolute atomic E-state index is 0.123. The number of nitrogens with zero attached hydrogens (tertiary/aromatic N) is 2. The summed E-state index contributed by atoms with van der Waals surface area (Å²) in [6, 6.07) is 24.8. The maximum absolute atomic E-state index is 12.3. The molecule has 35 heavy (non-hydrogen) atoms. The number of hydrogen-bond acceptors (Lipinski definition) is 6. The highest BCUT2D eigenvalue weighted by Gasteiger charge is 2.14. The number of benzene rings is 3. The molecular weight excluding hydrogens is 444 g/mol. The zero-order valence-corrected chi connectivity index (χ0v) is 19.5. The van der Waals surface area contributed by atoms with Gasteiger partial charge in [0, 0.05) is 18.0 Å². The van der Waals surface area contributed by atoms with Gasteiger partial charge in [-0.05, 0) is 54.8 Å². The van der Waals surface area contributed by atoms with Crippen molar-refractivity contribution >= 4 is 23.6 Å². The molecule has 0 fully saturated rings. The summed E-state index contributed by atoms with van der Waals surface area (Å²) in [6.45, 7) is 3.53. The van der Waals surface area contributed by atoms with Crippen LogP contribution >= 0.6 is 0 Å². The van der Waals surface area contributed by atoms with Gasteiger partial charge in [-0.1, -0.05) is 48.5 Å². The Balaban J connectivity index is 1.31. The highest BCUT2D eigenvalue weighted by molar-refractivity contribution is 5.80. The Morgan fingerprint density at radius 1 is 0.914 bits per heavy atom. The van der Waals surface area contributed by atoms with E-state index in [9.17, 15) is 9.59 Å². The molecule has 1 aromatic heterocycles. The maximum Gasteiger partial charge on any atom is 0.407 e. The molecule has 1 heterocycles. The van der Waals surface area contributed by atoms with E-state index in [1.54, 1.807) is 4.68 Å². The van der Waals surface area contributed by atoms with Crippen LogP contribution in [-0.2, 0) is 16.1 Å². The smallest absolute Gasteiger partial charge is 0.407 e. The van der Waals surface area contributed by atoms with E-state index >= 15 is 0 Å². The van der Waals surface area contributed by atoms with Crippen LogP contribution in [0.3, 0.4) is 0 Å². The summed E-state index contributed by atoms with van der Waals surface area (Å²) in [4.78, 5) is 24.1. The highest BCUT2D eigenvalue weighted by atomic mass is 16.6. The number of ether oxygens (including phenoxy) is 2. The number of anilines is 2. The molecule has 8 nitrogen and oxygen atoms in total. The predicted molar refractivity (Wildman–Crippen MR) is 133 cm³/mol. The molecule has 178 valence electrons. The lowest BCUT2D eigenvalue weighted by atomic mass is 10.1. The topological polar surface area (TPSA) is 94.5 Å². The fourth-order valence-electron chi connectivity index (χ4n) is 3.51. The van der Waals surface area contributed by atoms with E-state index in [0.717, 1.165) is 28.1 Å². The zero-order valence-electron chi connectivity index (χ0n) is 19.5. The first kappa shape index (κ1) is 23.6. The third-order valence-electron chi connectivity index (χ3n) is 5.15. The Kier molecular flexibility index (Phi) is 7.42. The van der Waals surface area contributed by atoms with Gasteiger partial charge < -0.3 is 20.1 Å². The van der Waals surface area contributed by atoms with Crippen molar-refractivity contribution in [1.82, 2.24) is 15.1 Å². The molecule has 0 aliphatic rings. The monoisotopic (exact) mass is 470 g/mol. The molecular formula is C27H26N4O4. The largest absolute Gasteiger partial charge is 0.445 e. The van der Waals surface area contributed by atoms with Crippen LogP contribution in [0.15, 0.2) is 85.1 Å². The van der Waals surface area contributed by atoms with E-state index in [4.69, 9.17) is 9.47 Å². The lowest BCUT2D eigenvalue weighted by Crippen LogP contribution is -2.32. The highest BCUT2D eigenvalue weighted by Crippen LogP contribution is 2.29. The third-order valence-corrected chi connectivity index (χ3v) is 5.15. The molecule has 3 aromatic carbocycles. The van der Waals surface area contributed by atoms with Crippen LogP contribution in [0.5, 0.6) is 5.75 Å². The van der Waals surface area contributed by atoms with Gasteiger partial charge in [-0.15, -0.1) is 0 Å². The molecule has 0 aliphatic heterocycles. The molecule has 8 heteroatoms. The second kappa shape index (κ2) is 11.0. The summed E-state index contributed by atoms with van der Waals surface area (Å²) in [5.74, 6) is 0.556. The Morgan fingerprint density at radius 3 is 2.26 bits per heavy atom. The average molecular weight is 471 g/mol. The molecule has 1 amide bonds. The molecule has 0 saturated carbocycles. The normalized spacial score (nSPS) is 10.5. The number of carbonyl (C=O) groups excluding carboxylic acids is 2. The van der Waals surface area contributed by atoms with Crippen LogP contribution in [0.2, 0.25) is 0 Å². The molecule has 0 bridgehead atoms. The Bertz CT molecular complexity index is 1280. The lowest BCUT2D eigenvalue weighted by molar-refractivity contribution is -0.133. The van der Waals surface area contributed by atoms with E-state index in [-0.39, 0.29) is 13.2 Å². The Hall–Kier alpha value is -4.59. The fourth-order valence-corrected chi connectivity index (χ4v) is 3.51. The second-order valence-electron chi connectivity index (χ2n) is 7.93. The van der Waals surface area contributed by atoms with E-state index in [0.29, 0.717) is 11.6 Å². The standard InChI is InChI=1S/C27H26N4O4/c1-19-15-22(29-24-13-14-31(30-24)23-11-7-4-8-12-23)16-20(2)26(19)35-25(32)17-28-27(33)34-18-21-9-5-3-6-10-21/h3-16H,17-18H2,1-2H3,(H,28,33)(H,29,30). The van der Waals surface area contributed by atoms with Gasteiger partial charge >= 0.3 is 12.1 Å². The van der Waals surface area contributed by atoms with E-state index in [2.05, 4.69) is 15.7 Å². The minimum Gasteiger partial charge on any atom is -0.445 e. The number of aromatic nitrogens is 2. The fraction of sp³-hybridized carbons (Fsp3) is 0.148. The minimum atomic E-state index is -0.686. The van der Waals surface area contributed by atoms with E-state index in [1.807, 2.05) is 98.9 Å². The van der Waals surface area contributed by atoms with Gasteiger partial charge in [0.1, 0.15) is 18.9 Å². The first-order valence-electron chi connectivity index (χ1n) is 11.1. The van der Waals surface area contributed by atoms with E-state index < -0.39 is 12.1 Å². The lowest BCUT2D eigenvalue weighted by Gasteiger charge is -2.14. The number of aryl methyl sites for hydroxylation is 2. The number of alkyl carbamates (subject to hydrolysis) is 1. The van der Waals surface area contributed by atoms with Gasteiger partial charge in [0.15, 0.2) is 5.82 Å². The van der Waals surface area contributed by atoms with Crippen molar-refractivity contribution in [2.75, 3.05) is 11.9 Å². The maximum atomic E-state index is 12.3. The number of rotatable bonds is 8. The van der Waals surface area contributed by atoms with Crippen molar-refractivity contribution in [3.05, 3.63) is 102 Å². The molecule has 0 aliphatic carbocycles. The molecule has 4 rings (SSSR count). The summed E-state index contributed by atoms with van der Waals surface area (Å²) >= 11 is 0. The Labute approximate surface area is 203 Å². The SMILES string of the molecule is Cc1cc(Nc2ccn(-c3ccccc3)n2)cc(C)c1OC(=O)CNC(=O)OCc1ccccc1. The van der Waals surface area contributed by atoms with Crippen molar-refractivity contribution in [3.63, 3.8) is 0 Å². The number of nitrogens with one attached hydrogen (secondary N) is 2. The predicted octanol–water partition coefficient (Wildman–Crippen LogP) is 5.06. The molecule has 0 unspecified atom stereocenters. The average Bonchev–Trinajstić information content (AvgIpc) is 3.33. The first-order chi connectivity index (χ1) is 17.0. The zero-order chi connectivity index (χ0) is 24.6. The van der Waals surface area contributed by atoms with Crippen molar-refractivity contribution in [2.45, 2.75) is 20.5 Å². The summed E-state index contributed by atoms with van der Waals surface area (Å²) < 4.78 is 12.4. The van der Waals surface area contributed by atoms with Crippen molar-refractivity contribution in [1.29, 1.82) is 0 Å². The van der Waals surface area contributed by atoms with Crippen LogP contribution in [-0.4, -0.2) is 28.4 Å². The van der Waals surface area contributed by atoms with Gasteiger partial charge in [-0.2, -0.15) is 5.10 Å². The molecule has 2 N–H and O–H groups in total. The van der Waals surface area contributed by atoms with Gasteiger partial charge in [0.2, 0.25) is 0 Å². The summed E-state index contributed by atoms with van der Waals surface area (Å²) in [7, 11) is 0. The van der Waals surface area contributed by atoms with Crippen molar-refractivity contribution < 1.29 is 19.1 Å². The van der Waals surface area contributed by atoms with Crippen LogP contribution in [0.25, 0.3) is 5.69 Å². The summed E-state index contributed by atoms with van der Waals surface area (Å²) in [5, 5.41) is 10.2. The van der Waals surface area contributed by atoms with E-state index in [1.165, 1.54) is 0 Å². The number of amides is 1. The van der Waals surface area contributed by atoms with Crippen LogP contribution in [0, 0.1) is 13.8 Å². The number of esters is 1. The third kappa shape index (κ3) is 6.48. The van der Waals surface area contributed by atoms with Crippen LogP contribution < -0.4 is 15.4 Å².